The Labute approximate surface area is 103 Å². The van der Waals surface area contributed by atoms with Crippen molar-refractivity contribution in [3.05, 3.63) is 0 Å². The lowest BCUT2D eigenvalue weighted by molar-refractivity contribution is 0.0224. The Morgan fingerprint density at radius 2 is 2.06 bits per heavy atom. The van der Waals surface area contributed by atoms with Crippen molar-refractivity contribution in [3.63, 3.8) is 0 Å². The molecule has 1 aliphatic heterocycles. The predicted molar refractivity (Wildman–Crippen MR) is 66.7 cm³/mol. The van der Waals surface area contributed by atoms with Crippen LogP contribution in [-0.4, -0.2) is 35.7 Å². The van der Waals surface area contributed by atoms with Crippen LogP contribution in [0.4, 0.5) is 4.79 Å². The second-order valence-corrected chi connectivity index (χ2v) is 6.53. The number of rotatable bonds is 0. The molecule has 1 saturated heterocycles. The highest BCUT2D eigenvalue weighted by atomic mass is 16.6. The smallest absolute Gasteiger partial charge is 0.410 e. The molecule has 1 amide bonds. The van der Waals surface area contributed by atoms with E-state index in [4.69, 9.17) is 10.5 Å². The lowest BCUT2D eigenvalue weighted by Gasteiger charge is -2.28. The van der Waals surface area contributed by atoms with E-state index in [0.29, 0.717) is 0 Å². The van der Waals surface area contributed by atoms with Gasteiger partial charge in [0.15, 0.2) is 0 Å². The van der Waals surface area contributed by atoms with Crippen LogP contribution in [-0.2, 0) is 4.74 Å². The molecule has 17 heavy (non-hydrogen) atoms. The molecule has 2 N–H and O–H groups in total. The number of amides is 1. The topological polar surface area (TPSA) is 55.6 Å². The normalized spacial score (nSPS) is 33.4. The van der Waals surface area contributed by atoms with Crippen LogP contribution >= 0.6 is 0 Å². The van der Waals surface area contributed by atoms with E-state index in [2.05, 4.69) is 0 Å². The van der Waals surface area contributed by atoms with Gasteiger partial charge in [0.1, 0.15) is 5.60 Å². The maximum atomic E-state index is 12.1. The Hall–Kier alpha value is -0.770. The van der Waals surface area contributed by atoms with Crippen LogP contribution in [0.5, 0.6) is 0 Å². The van der Waals surface area contributed by atoms with Gasteiger partial charge >= 0.3 is 6.09 Å². The molecule has 2 aliphatic rings. The Morgan fingerprint density at radius 1 is 1.41 bits per heavy atom. The summed E-state index contributed by atoms with van der Waals surface area (Å²) in [5.41, 5.74) is 5.80. The first-order valence-electron chi connectivity index (χ1n) is 6.56. The predicted octanol–water partition coefficient (Wildman–Crippen LogP) is 2.12. The van der Waals surface area contributed by atoms with Crippen molar-refractivity contribution in [1.29, 1.82) is 0 Å². The lowest BCUT2D eigenvalue weighted by Crippen LogP contribution is -2.40. The SMILES string of the molecule is CC(C)(C)OC(=O)N1CCCCC2(CC2N)C1. The zero-order chi connectivity index (χ0) is 12.7. The molecule has 4 nitrogen and oxygen atoms in total. The highest BCUT2D eigenvalue weighted by Gasteiger charge is 2.53. The fourth-order valence-electron chi connectivity index (χ4n) is 2.65. The maximum absolute atomic E-state index is 12.1. The average molecular weight is 240 g/mol. The first-order chi connectivity index (χ1) is 7.82. The highest BCUT2D eigenvalue weighted by Crippen LogP contribution is 2.50. The number of carbonyl (C=O) groups is 1. The number of nitrogens with zero attached hydrogens (tertiary/aromatic N) is 1. The summed E-state index contributed by atoms with van der Waals surface area (Å²) in [5, 5.41) is 0. The largest absolute Gasteiger partial charge is 0.444 e. The van der Waals surface area contributed by atoms with E-state index in [1.54, 1.807) is 0 Å². The van der Waals surface area contributed by atoms with Crippen molar-refractivity contribution in [1.82, 2.24) is 4.90 Å². The van der Waals surface area contributed by atoms with E-state index < -0.39 is 5.60 Å². The number of nitrogens with two attached hydrogens (primary N) is 1. The van der Waals surface area contributed by atoms with E-state index in [-0.39, 0.29) is 17.6 Å². The van der Waals surface area contributed by atoms with Crippen molar-refractivity contribution in [2.75, 3.05) is 13.1 Å². The molecule has 4 heteroatoms. The zero-order valence-corrected chi connectivity index (χ0v) is 11.2. The number of carbonyl (C=O) groups excluding carboxylic acids is 1. The van der Waals surface area contributed by atoms with Crippen LogP contribution < -0.4 is 5.73 Å². The third-order valence-electron chi connectivity index (χ3n) is 3.76. The van der Waals surface area contributed by atoms with Gasteiger partial charge in [0.25, 0.3) is 0 Å². The van der Waals surface area contributed by atoms with Crippen LogP contribution in [0.25, 0.3) is 0 Å². The molecular weight excluding hydrogens is 216 g/mol. The third-order valence-corrected chi connectivity index (χ3v) is 3.76. The molecule has 98 valence electrons. The van der Waals surface area contributed by atoms with Gasteiger partial charge in [-0.25, -0.2) is 4.79 Å². The number of hydrogen-bond acceptors (Lipinski definition) is 3. The molecule has 0 aromatic heterocycles. The number of ether oxygens (including phenoxy) is 1. The summed E-state index contributed by atoms with van der Waals surface area (Å²) in [5.74, 6) is 0. The third kappa shape index (κ3) is 2.92. The molecular formula is C13H24N2O2. The average Bonchev–Trinajstić information content (AvgIpc) is 2.85. The summed E-state index contributed by atoms with van der Waals surface area (Å²) in [4.78, 5) is 13.9. The van der Waals surface area contributed by atoms with Crippen LogP contribution in [0.15, 0.2) is 0 Å². The summed E-state index contributed by atoms with van der Waals surface area (Å²) in [6.07, 6.45) is 4.28. The molecule has 0 aromatic carbocycles. The molecule has 1 saturated carbocycles. The van der Waals surface area contributed by atoms with Crippen molar-refractivity contribution in [2.45, 2.75) is 58.1 Å². The fourth-order valence-corrected chi connectivity index (χ4v) is 2.65. The van der Waals surface area contributed by atoms with Crippen LogP contribution in [0.1, 0.15) is 46.5 Å². The molecule has 1 aliphatic carbocycles. The molecule has 2 fully saturated rings. The molecule has 0 aromatic rings. The summed E-state index contributed by atoms with van der Waals surface area (Å²) in [7, 11) is 0. The Morgan fingerprint density at radius 3 is 2.59 bits per heavy atom. The quantitative estimate of drug-likeness (QED) is 0.705. The van der Waals surface area contributed by atoms with Gasteiger partial charge in [0.05, 0.1) is 0 Å². The van der Waals surface area contributed by atoms with Gasteiger partial charge in [-0.3, -0.25) is 0 Å². The molecule has 0 bridgehead atoms. The molecule has 2 rings (SSSR count). The van der Waals surface area contributed by atoms with Gasteiger partial charge in [-0.15, -0.1) is 0 Å². The van der Waals surface area contributed by atoms with E-state index in [1.807, 2.05) is 25.7 Å². The molecule has 2 atom stereocenters. The first-order valence-corrected chi connectivity index (χ1v) is 6.56. The minimum Gasteiger partial charge on any atom is -0.444 e. The van der Waals surface area contributed by atoms with Gasteiger partial charge in [-0.1, -0.05) is 6.42 Å². The second-order valence-electron chi connectivity index (χ2n) is 6.53. The molecule has 2 unspecified atom stereocenters. The second kappa shape index (κ2) is 4.16. The van der Waals surface area contributed by atoms with Gasteiger partial charge in [-0.05, 0) is 40.0 Å². The minimum absolute atomic E-state index is 0.183. The lowest BCUT2D eigenvalue weighted by atomic mass is 10.00. The van der Waals surface area contributed by atoms with Crippen LogP contribution in [0.2, 0.25) is 0 Å². The van der Waals surface area contributed by atoms with E-state index in [1.165, 1.54) is 6.42 Å². The first kappa shape index (κ1) is 12.7. The van der Waals surface area contributed by atoms with Gasteiger partial charge < -0.3 is 15.4 Å². The van der Waals surface area contributed by atoms with E-state index >= 15 is 0 Å². The van der Waals surface area contributed by atoms with Gasteiger partial charge in [-0.2, -0.15) is 0 Å². The van der Waals surface area contributed by atoms with Gasteiger partial charge in [0, 0.05) is 24.5 Å². The molecule has 1 spiro atoms. The minimum atomic E-state index is -0.414. The summed E-state index contributed by atoms with van der Waals surface area (Å²) in [6, 6.07) is 0.283. The van der Waals surface area contributed by atoms with Crippen molar-refractivity contribution >= 4 is 6.09 Å². The maximum Gasteiger partial charge on any atom is 0.410 e. The van der Waals surface area contributed by atoms with Crippen LogP contribution in [0, 0.1) is 5.41 Å². The summed E-state index contributed by atoms with van der Waals surface area (Å²) >= 11 is 0. The van der Waals surface area contributed by atoms with Crippen molar-refractivity contribution < 1.29 is 9.53 Å². The Bertz CT molecular complexity index is 311. The van der Waals surface area contributed by atoms with Crippen molar-refractivity contribution in [3.8, 4) is 0 Å². The Balaban J connectivity index is 1.98. The fraction of sp³-hybridized carbons (Fsp3) is 0.923. The zero-order valence-electron chi connectivity index (χ0n) is 11.2. The Kier molecular flexibility index (Phi) is 3.10. The van der Waals surface area contributed by atoms with Crippen LogP contribution in [0.3, 0.4) is 0 Å². The van der Waals surface area contributed by atoms with Gasteiger partial charge in [0.2, 0.25) is 0 Å². The van der Waals surface area contributed by atoms with E-state index in [0.717, 1.165) is 32.4 Å². The van der Waals surface area contributed by atoms with Crippen molar-refractivity contribution in [2.24, 2.45) is 11.1 Å². The monoisotopic (exact) mass is 240 g/mol. The molecule has 0 radical (unpaired) electrons. The standard InChI is InChI=1S/C13H24N2O2/c1-12(2,3)17-11(16)15-7-5-4-6-13(9-15)8-10(13)14/h10H,4-9,14H2,1-3H3. The number of likely N-dealkylation sites (tertiary alicyclic amines) is 1. The van der Waals surface area contributed by atoms with E-state index in [9.17, 15) is 4.79 Å². The highest BCUT2D eigenvalue weighted by molar-refractivity contribution is 5.68. The summed E-state index contributed by atoms with van der Waals surface area (Å²) < 4.78 is 5.44. The molecule has 1 heterocycles. The number of hydrogen-bond donors (Lipinski definition) is 1. The summed E-state index contributed by atoms with van der Waals surface area (Å²) in [6.45, 7) is 7.30.